The highest BCUT2D eigenvalue weighted by Crippen LogP contribution is 2.34. The number of aromatic nitrogens is 2. The van der Waals surface area contributed by atoms with Crippen molar-refractivity contribution in [3.8, 4) is 11.3 Å². The molecule has 0 aliphatic rings. The molecule has 1 unspecified atom stereocenters. The van der Waals surface area contributed by atoms with Crippen LogP contribution >= 0.6 is 0 Å². The summed E-state index contributed by atoms with van der Waals surface area (Å²) in [5.74, 6) is -0.498. The average Bonchev–Trinajstić information content (AvgIpc) is 2.78. The van der Waals surface area contributed by atoms with Gasteiger partial charge in [-0.25, -0.2) is 4.98 Å². The maximum atomic E-state index is 13.4. The summed E-state index contributed by atoms with van der Waals surface area (Å²) in [6, 6.07) is 17.1. The normalized spacial score (nSPS) is 12.5. The number of halogens is 3. The summed E-state index contributed by atoms with van der Waals surface area (Å²) in [5, 5.41) is 3.23. The first-order chi connectivity index (χ1) is 14.8. The third-order valence-electron chi connectivity index (χ3n) is 5.00. The van der Waals surface area contributed by atoms with Crippen LogP contribution in [-0.2, 0) is 6.18 Å². The Hall–Kier alpha value is -3.74. The molecule has 0 saturated carbocycles. The fourth-order valence-electron chi connectivity index (χ4n) is 3.50. The van der Waals surface area contributed by atoms with Crippen LogP contribution in [0.2, 0.25) is 0 Å². The molecule has 2 heterocycles. The number of amides is 1. The van der Waals surface area contributed by atoms with Crippen LogP contribution in [0.5, 0.6) is 0 Å². The minimum absolute atomic E-state index is 0.00289. The minimum atomic E-state index is -4.51. The lowest BCUT2D eigenvalue weighted by atomic mass is 10.00. The van der Waals surface area contributed by atoms with Gasteiger partial charge in [0.25, 0.3) is 5.91 Å². The fourth-order valence-corrected chi connectivity index (χ4v) is 3.50. The van der Waals surface area contributed by atoms with E-state index in [-0.39, 0.29) is 5.56 Å². The highest BCUT2D eigenvalue weighted by Gasteiger charge is 2.34. The third-order valence-corrected chi connectivity index (χ3v) is 5.00. The standard InChI is InChI=1S/C24H18F3N3O/c1-15(17-9-5-6-10-20(17)24(25,26)27)29-23(31)18-13-22(16-7-3-2-4-8-16)30-21-11-12-28-14-19(18)21/h2-15H,1H3,(H,29,31). The Morgan fingerprint density at radius 2 is 1.71 bits per heavy atom. The molecule has 1 amide bonds. The van der Waals surface area contributed by atoms with Crippen molar-refractivity contribution >= 4 is 16.8 Å². The molecule has 0 fully saturated rings. The van der Waals surface area contributed by atoms with Crippen LogP contribution in [0, 0.1) is 0 Å². The number of hydrogen-bond donors (Lipinski definition) is 1. The highest BCUT2D eigenvalue weighted by atomic mass is 19.4. The van der Waals surface area contributed by atoms with Gasteiger partial charge in [-0.3, -0.25) is 9.78 Å². The Labute approximate surface area is 176 Å². The predicted octanol–water partition coefficient (Wildman–Crippen LogP) is 5.81. The predicted molar refractivity (Wildman–Crippen MR) is 112 cm³/mol. The van der Waals surface area contributed by atoms with Crippen molar-refractivity contribution < 1.29 is 18.0 Å². The molecule has 156 valence electrons. The van der Waals surface area contributed by atoms with Gasteiger partial charge in [0.05, 0.1) is 28.4 Å². The molecule has 0 saturated heterocycles. The summed E-state index contributed by atoms with van der Waals surface area (Å²) in [7, 11) is 0. The lowest BCUT2D eigenvalue weighted by Crippen LogP contribution is -2.28. The van der Waals surface area contributed by atoms with E-state index in [0.717, 1.165) is 11.6 Å². The van der Waals surface area contributed by atoms with Gasteiger partial charge < -0.3 is 5.32 Å². The van der Waals surface area contributed by atoms with E-state index in [0.29, 0.717) is 22.2 Å². The van der Waals surface area contributed by atoms with Crippen molar-refractivity contribution in [1.29, 1.82) is 0 Å². The van der Waals surface area contributed by atoms with Crippen LogP contribution in [0.1, 0.15) is 34.5 Å². The molecule has 0 aliphatic heterocycles. The second kappa shape index (κ2) is 8.18. The second-order valence-electron chi connectivity index (χ2n) is 7.09. The topological polar surface area (TPSA) is 54.9 Å². The second-order valence-corrected chi connectivity index (χ2v) is 7.09. The first kappa shape index (κ1) is 20.5. The molecular weight excluding hydrogens is 403 g/mol. The lowest BCUT2D eigenvalue weighted by molar-refractivity contribution is -0.138. The number of rotatable bonds is 4. The van der Waals surface area contributed by atoms with Gasteiger partial charge in [0.2, 0.25) is 0 Å². The fraction of sp³-hybridized carbons (Fsp3) is 0.125. The number of fused-ring (bicyclic) bond motifs is 1. The van der Waals surface area contributed by atoms with Gasteiger partial charge in [-0.15, -0.1) is 0 Å². The Kier molecular flexibility index (Phi) is 5.42. The number of benzene rings is 2. The van der Waals surface area contributed by atoms with E-state index >= 15 is 0 Å². The van der Waals surface area contributed by atoms with Crippen LogP contribution < -0.4 is 5.32 Å². The number of carbonyl (C=O) groups excluding carboxylic acids is 1. The van der Waals surface area contributed by atoms with E-state index in [1.807, 2.05) is 30.3 Å². The number of nitrogens with zero attached hydrogens (tertiary/aromatic N) is 2. The molecule has 1 atom stereocenters. The number of alkyl halides is 3. The zero-order chi connectivity index (χ0) is 22.0. The van der Waals surface area contributed by atoms with Gasteiger partial charge in [0.1, 0.15) is 0 Å². The molecule has 2 aromatic heterocycles. The number of hydrogen-bond acceptors (Lipinski definition) is 3. The van der Waals surface area contributed by atoms with Crippen LogP contribution in [0.25, 0.3) is 22.2 Å². The molecule has 0 aliphatic carbocycles. The monoisotopic (exact) mass is 421 g/mol. The zero-order valence-electron chi connectivity index (χ0n) is 16.5. The van der Waals surface area contributed by atoms with Crippen LogP contribution in [0.3, 0.4) is 0 Å². The minimum Gasteiger partial charge on any atom is -0.345 e. The summed E-state index contributed by atoms with van der Waals surface area (Å²) < 4.78 is 40.2. The summed E-state index contributed by atoms with van der Waals surface area (Å²) in [4.78, 5) is 21.8. The van der Waals surface area contributed by atoms with Gasteiger partial charge in [0, 0.05) is 23.3 Å². The van der Waals surface area contributed by atoms with Crippen molar-refractivity contribution in [2.45, 2.75) is 19.1 Å². The molecule has 1 N–H and O–H groups in total. The first-order valence-corrected chi connectivity index (χ1v) is 9.62. The average molecular weight is 421 g/mol. The molecule has 4 rings (SSSR count). The molecular formula is C24H18F3N3O. The zero-order valence-corrected chi connectivity index (χ0v) is 16.5. The SMILES string of the molecule is CC(NC(=O)c1cc(-c2ccccc2)nc2ccncc12)c1ccccc1C(F)(F)F. The van der Waals surface area contributed by atoms with Crippen LogP contribution in [-0.4, -0.2) is 15.9 Å². The first-order valence-electron chi connectivity index (χ1n) is 9.62. The van der Waals surface area contributed by atoms with E-state index in [1.54, 1.807) is 18.3 Å². The largest absolute Gasteiger partial charge is 0.416 e. The van der Waals surface area contributed by atoms with Gasteiger partial charge in [0.15, 0.2) is 0 Å². The Balaban J connectivity index is 1.73. The number of carbonyl (C=O) groups is 1. The smallest absolute Gasteiger partial charge is 0.345 e. The van der Waals surface area contributed by atoms with Gasteiger partial charge in [-0.1, -0.05) is 48.5 Å². The summed E-state index contributed by atoms with van der Waals surface area (Å²) in [5.41, 5.74) is 1.52. The lowest BCUT2D eigenvalue weighted by Gasteiger charge is -2.20. The molecule has 0 radical (unpaired) electrons. The summed E-state index contributed by atoms with van der Waals surface area (Å²) in [6.07, 6.45) is -1.41. The Morgan fingerprint density at radius 3 is 2.45 bits per heavy atom. The maximum absolute atomic E-state index is 13.4. The molecule has 4 nitrogen and oxygen atoms in total. The van der Waals surface area contributed by atoms with Crippen LogP contribution in [0.15, 0.2) is 79.1 Å². The third kappa shape index (κ3) is 4.26. The van der Waals surface area contributed by atoms with E-state index in [1.165, 1.54) is 31.3 Å². The van der Waals surface area contributed by atoms with Crippen molar-refractivity contribution in [1.82, 2.24) is 15.3 Å². The molecule has 31 heavy (non-hydrogen) atoms. The van der Waals surface area contributed by atoms with Crippen LogP contribution in [0.4, 0.5) is 13.2 Å². The Morgan fingerprint density at radius 1 is 1.00 bits per heavy atom. The van der Waals surface area contributed by atoms with Crippen molar-refractivity contribution in [2.75, 3.05) is 0 Å². The molecule has 0 bridgehead atoms. The molecule has 0 spiro atoms. The molecule has 4 aromatic rings. The van der Waals surface area contributed by atoms with Gasteiger partial charge in [-0.2, -0.15) is 13.2 Å². The highest BCUT2D eigenvalue weighted by molar-refractivity contribution is 6.07. The van der Waals surface area contributed by atoms with E-state index < -0.39 is 23.7 Å². The van der Waals surface area contributed by atoms with E-state index in [4.69, 9.17) is 0 Å². The van der Waals surface area contributed by atoms with E-state index in [9.17, 15) is 18.0 Å². The molecule has 2 aromatic carbocycles. The maximum Gasteiger partial charge on any atom is 0.416 e. The van der Waals surface area contributed by atoms with E-state index in [2.05, 4.69) is 15.3 Å². The summed E-state index contributed by atoms with van der Waals surface area (Å²) in [6.45, 7) is 1.53. The van der Waals surface area contributed by atoms with Gasteiger partial charge >= 0.3 is 6.18 Å². The van der Waals surface area contributed by atoms with Crippen molar-refractivity contribution in [2.24, 2.45) is 0 Å². The van der Waals surface area contributed by atoms with Crippen molar-refractivity contribution in [3.63, 3.8) is 0 Å². The van der Waals surface area contributed by atoms with Gasteiger partial charge in [-0.05, 0) is 30.7 Å². The van der Waals surface area contributed by atoms with Crippen molar-refractivity contribution in [3.05, 3.63) is 95.8 Å². The molecule has 7 heteroatoms. The Bertz CT molecular complexity index is 1240. The number of pyridine rings is 2. The number of nitrogens with one attached hydrogen (secondary N) is 1. The quantitative estimate of drug-likeness (QED) is 0.453. The summed E-state index contributed by atoms with van der Waals surface area (Å²) >= 11 is 0.